The van der Waals surface area contributed by atoms with Gasteiger partial charge in [0.05, 0.1) is 21.7 Å². The van der Waals surface area contributed by atoms with Crippen LogP contribution in [0.15, 0.2) is 42.5 Å². The SMILES string of the molecule is O=C(NC(c1ccccc1)C1(N2CCCC2)CCCC1)c1c(Cl)cc(Cl)cc1Cl. The third-order valence-corrected chi connectivity index (χ3v) is 7.20. The van der Waals surface area contributed by atoms with Crippen LogP contribution >= 0.6 is 34.8 Å². The summed E-state index contributed by atoms with van der Waals surface area (Å²) in [6.45, 7) is 2.17. The topological polar surface area (TPSA) is 32.3 Å². The summed E-state index contributed by atoms with van der Waals surface area (Å²) in [6.07, 6.45) is 6.94. The van der Waals surface area contributed by atoms with Crippen molar-refractivity contribution in [3.63, 3.8) is 0 Å². The Balaban J connectivity index is 1.73. The first-order chi connectivity index (χ1) is 14.0. The van der Waals surface area contributed by atoms with Crippen molar-refractivity contribution in [1.29, 1.82) is 0 Å². The highest BCUT2D eigenvalue weighted by Crippen LogP contribution is 2.46. The minimum Gasteiger partial charge on any atom is -0.343 e. The number of halogens is 3. The van der Waals surface area contributed by atoms with E-state index < -0.39 is 0 Å². The highest BCUT2D eigenvalue weighted by Gasteiger charge is 2.48. The number of likely N-dealkylation sites (tertiary alicyclic amines) is 1. The van der Waals surface area contributed by atoms with Gasteiger partial charge in [-0.2, -0.15) is 0 Å². The molecule has 1 saturated carbocycles. The van der Waals surface area contributed by atoms with Gasteiger partial charge in [0, 0.05) is 10.6 Å². The molecule has 1 N–H and O–H groups in total. The van der Waals surface area contributed by atoms with Crippen LogP contribution in [0.5, 0.6) is 0 Å². The van der Waals surface area contributed by atoms with Crippen LogP contribution in [0.1, 0.15) is 60.5 Å². The molecule has 0 spiro atoms. The van der Waals surface area contributed by atoms with Gasteiger partial charge in [0.1, 0.15) is 0 Å². The Labute approximate surface area is 187 Å². The molecular formula is C23H25Cl3N2O. The molecule has 0 radical (unpaired) electrons. The molecule has 1 aliphatic heterocycles. The van der Waals surface area contributed by atoms with Crippen LogP contribution in [0.2, 0.25) is 15.1 Å². The molecule has 2 aliphatic rings. The van der Waals surface area contributed by atoms with Crippen molar-refractivity contribution in [2.75, 3.05) is 13.1 Å². The zero-order valence-corrected chi connectivity index (χ0v) is 18.5. The number of carbonyl (C=O) groups excluding carboxylic acids is 1. The Morgan fingerprint density at radius 3 is 2.10 bits per heavy atom. The predicted molar refractivity (Wildman–Crippen MR) is 120 cm³/mol. The summed E-state index contributed by atoms with van der Waals surface area (Å²) in [6, 6.07) is 13.3. The summed E-state index contributed by atoms with van der Waals surface area (Å²) in [5.74, 6) is -0.254. The molecule has 6 heteroatoms. The first-order valence-corrected chi connectivity index (χ1v) is 11.4. The molecule has 0 bridgehead atoms. The first-order valence-electron chi connectivity index (χ1n) is 10.3. The van der Waals surface area contributed by atoms with Crippen molar-refractivity contribution in [3.8, 4) is 0 Å². The average Bonchev–Trinajstić information content (AvgIpc) is 3.38. The molecule has 1 aliphatic carbocycles. The maximum Gasteiger partial charge on any atom is 0.254 e. The predicted octanol–water partition coefficient (Wildman–Crippen LogP) is 6.53. The summed E-state index contributed by atoms with van der Waals surface area (Å²) < 4.78 is 0. The summed E-state index contributed by atoms with van der Waals surface area (Å²) >= 11 is 18.7. The Morgan fingerprint density at radius 2 is 1.52 bits per heavy atom. The second kappa shape index (κ2) is 8.85. The number of benzene rings is 2. The highest BCUT2D eigenvalue weighted by atomic mass is 35.5. The number of amides is 1. The number of hydrogen-bond donors (Lipinski definition) is 1. The van der Waals surface area contributed by atoms with Gasteiger partial charge in [0.15, 0.2) is 0 Å². The lowest BCUT2D eigenvalue weighted by Crippen LogP contribution is -2.55. The van der Waals surface area contributed by atoms with E-state index >= 15 is 0 Å². The van der Waals surface area contributed by atoms with E-state index in [9.17, 15) is 4.79 Å². The maximum atomic E-state index is 13.4. The van der Waals surface area contributed by atoms with Gasteiger partial charge in [-0.25, -0.2) is 0 Å². The molecule has 1 heterocycles. The minimum absolute atomic E-state index is 0.0705. The van der Waals surface area contributed by atoms with Crippen LogP contribution in [-0.2, 0) is 0 Å². The van der Waals surface area contributed by atoms with Crippen LogP contribution in [0, 0.1) is 0 Å². The lowest BCUT2D eigenvalue weighted by molar-refractivity contribution is 0.0643. The molecule has 1 saturated heterocycles. The average molecular weight is 452 g/mol. The van der Waals surface area contributed by atoms with E-state index in [4.69, 9.17) is 34.8 Å². The number of rotatable bonds is 5. The highest BCUT2D eigenvalue weighted by molar-refractivity contribution is 6.42. The molecule has 154 valence electrons. The van der Waals surface area contributed by atoms with Gasteiger partial charge in [-0.1, -0.05) is 78.0 Å². The molecular weight excluding hydrogens is 427 g/mol. The van der Waals surface area contributed by atoms with E-state index in [0.29, 0.717) is 5.02 Å². The summed E-state index contributed by atoms with van der Waals surface area (Å²) in [5, 5.41) is 4.28. The summed E-state index contributed by atoms with van der Waals surface area (Å²) in [7, 11) is 0. The summed E-state index contributed by atoms with van der Waals surface area (Å²) in [4.78, 5) is 16.0. The van der Waals surface area contributed by atoms with Crippen molar-refractivity contribution in [1.82, 2.24) is 10.2 Å². The molecule has 1 amide bonds. The maximum absolute atomic E-state index is 13.4. The fraction of sp³-hybridized carbons (Fsp3) is 0.435. The number of nitrogens with one attached hydrogen (secondary N) is 1. The van der Waals surface area contributed by atoms with Crippen molar-refractivity contribution >= 4 is 40.7 Å². The standard InChI is InChI=1S/C23H25Cl3N2O/c24-17-14-18(25)20(19(26)15-17)22(29)27-21(16-8-2-1-3-9-16)23(10-4-5-11-23)28-12-6-7-13-28/h1-3,8-9,14-15,21H,4-7,10-13H2,(H,27,29). The third-order valence-electron chi connectivity index (χ3n) is 6.38. The van der Waals surface area contributed by atoms with Crippen LogP contribution in [0.25, 0.3) is 0 Å². The van der Waals surface area contributed by atoms with Gasteiger partial charge in [0.2, 0.25) is 0 Å². The monoisotopic (exact) mass is 450 g/mol. The van der Waals surface area contributed by atoms with Gasteiger partial charge in [-0.05, 0) is 56.5 Å². The van der Waals surface area contributed by atoms with E-state index in [-0.39, 0.29) is 33.1 Å². The van der Waals surface area contributed by atoms with Crippen LogP contribution in [0.3, 0.4) is 0 Å². The smallest absolute Gasteiger partial charge is 0.254 e. The molecule has 29 heavy (non-hydrogen) atoms. The molecule has 0 aromatic heterocycles. The largest absolute Gasteiger partial charge is 0.343 e. The normalized spacial score (nSPS) is 20.0. The van der Waals surface area contributed by atoms with E-state index in [1.807, 2.05) is 18.2 Å². The lowest BCUT2D eigenvalue weighted by atomic mass is 9.81. The van der Waals surface area contributed by atoms with Crippen LogP contribution in [-0.4, -0.2) is 29.4 Å². The Bertz CT molecular complexity index is 852. The number of nitrogens with zero attached hydrogens (tertiary/aromatic N) is 1. The molecule has 2 aromatic rings. The quantitative estimate of drug-likeness (QED) is 0.560. The molecule has 1 unspecified atom stereocenters. The van der Waals surface area contributed by atoms with Crippen molar-refractivity contribution in [2.24, 2.45) is 0 Å². The van der Waals surface area contributed by atoms with Crippen molar-refractivity contribution in [3.05, 3.63) is 68.7 Å². The van der Waals surface area contributed by atoms with Gasteiger partial charge in [0.25, 0.3) is 5.91 Å². The number of hydrogen-bond acceptors (Lipinski definition) is 2. The minimum atomic E-state index is -0.254. The Kier molecular flexibility index (Phi) is 6.41. The summed E-state index contributed by atoms with van der Waals surface area (Å²) in [5.41, 5.74) is 1.34. The van der Waals surface area contributed by atoms with E-state index in [2.05, 4.69) is 22.3 Å². The molecule has 3 nitrogen and oxygen atoms in total. The second-order valence-electron chi connectivity index (χ2n) is 8.07. The molecule has 4 rings (SSSR count). The zero-order chi connectivity index (χ0) is 20.4. The zero-order valence-electron chi connectivity index (χ0n) is 16.3. The van der Waals surface area contributed by atoms with Gasteiger partial charge in [-0.15, -0.1) is 0 Å². The van der Waals surface area contributed by atoms with Gasteiger partial charge in [-0.3, -0.25) is 9.69 Å². The lowest BCUT2D eigenvalue weighted by Gasteiger charge is -2.45. The van der Waals surface area contributed by atoms with Crippen molar-refractivity contribution < 1.29 is 4.79 Å². The van der Waals surface area contributed by atoms with E-state index in [1.54, 1.807) is 12.1 Å². The van der Waals surface area contributed by atoms with E-state index in [0.717, 1.165) is 31.5 Å². The molecule has 2 fully saturated rings. The van der Waals surface area contributed by atoms with Crippen LogP contribution in [0.4, 0.5) is 0 Å². The Morgan fingerprint density at radius 1 is 0.931 bits per heavy atom. The van der Waals surface area contributed by atoms with Gasteiger partial charge >= 0.3 is 0 Å². The fourth-order valence-corrected chi connectivity index (χ4v) is 6.06. The number of carbonyl (C=O) groups is 1. The van der Waals surface area contributed by atoms with Gasteiger partial charge < -0.3 is 5.32 Å². The molecule has 2 aromatic carbocycles. The second-order valence-corrected chi connectivity index (χ2v) is 9.32. The third kappa shape index (κ3) is 4.16. The Hall–Kier alpha value is -1.26. The van der Waals surface area contributed by atoms with E-state index in [1.165, 1.54) is 25.7 Å². The first kappa shape index (κ1) is 21.0. The molecule has 1 atom stereocenters. The fourth-order valence-electron chi connectivity index (χ4n) is 5.07. The van der Waals surface area contributed by atoms with Crippen LogP contribution < -0.4 is 5.32 Å². The van der Waals surface area contributed by atoms with Crippen molar-refractivity contribution in [2.45, 2.75) is 50.1 Å².